The van der Waals surface area contributed by atoms with Gasteiger partial charge in [0.25, 0.3) is 10.0 Å². The Morgan fingerprint density at radius 2 is 1.88 bits per heavy atom. The van der Waals surface area contributed by atoms with Crippen LogP contribution in [0.2, 0.25) is 0 Å². The molecule has 1 aromatic heterocycles. The van der Waals surface area contributed by atoms with Crippen LogP contribution in [-0.4, -0.2) is 25.8 Å². The van der Waals surface area contributed by atoms with Crippen LogP contribution in [0.15, 0.2) is 47.5 Å². The van der Waals surface area contributed by atoms with Gasteiger partial charge in [-0.2, -0.15) is 0 Å². The molecule has 2 aromatic carbocycles. The fourth-order valence-electron chi connectivity index (χ4n) is 2.74. The number of methoxy groups -OCH3 is 1. The van der Waals surface area contributed by atoms with Crippen molar-refractivity contribution in [1.29, 1.82) is 0 Å². The van der Waals surface area contributed by atoms with Crippen molar-refractivity contribution in [3.8, 4) is 5.75 Å². The molecule has 1 heterocycles. The van der Waals surface area contributed by atoms with Crippen molar-refractivity contribution in [2.45, 2.75) is 17.7 Å². The van der Waals surface area contributed by atoms with E-state index in [1.807, 2.05) is 0 Å². The lowest BCUT2D eigenvalue weighted by molar-refractivity contribution is -0.107. The fraction of sp³-hybridized carbons (Fsp3) is 0.167. The lowest BCUT2D eigenvalue weighted by atomic mass is 10.1. The molecule has 0 amide bonds. The van der Waals surface area contributed by atoms with Gasteiger partial charge in [-0.1, -0.05) is 0 Å². The zero-order valence-corrected chi connectivity index (χ0v) is 14.6. The zero-order chi connectivity index (χ0) is 18.9. The van der Waals surface area contributed by atoms with Crippen LogP contribution < -0.4 is 4.74 Å². The number of halogens is 2. The number of carbonyl (C=O) groups is 1. The molecule has 8 heteroatoms. The molecule has 26 heavy (non-hydrogen) atoms. The van der Waals surface area contributed by atoms with E-state index in [-0.39, 0.29) is 11.3 Å². The summed E-state index contributed by atoms with van der Waals surface area (Å²) in [6.45, 7) is 0. The van der Waals surface area contributed by atoms with Crippen molar-refractivity contribution < 1.29 is 26.7 Å². The van der Waals surface area contributed by atoms with E-state index in [0.717, 1.165) is 22.4 Å². The molecular formula is C18H15F2NO4S. The van der Waals surface area contributed by atoms with Crippen molar-refractivity contribution in [3.63, 3.8) is 0 Å². The monoisotopic (exact) mass is 379 g/mol. The predicted molar refractivity (Wildman–Crippen MR) is 91.8 cm³/mol. The minimum absolute atomic E-state index is 0.224. The van der Waals surface area contributed by atoms with E-state index in [1.165, 1.54) is 13.3 Å². The predicted octanol–water partition coefficient (Wildman–Crippen LogP) is 3.30. The average molecular weight is 379 g/mol. The molecule has 0 fully saturated rings. The Balaban J connectivity index is 2.22. The molecule has 0 atom stereocenters. The van der Waals surface area contributed by atoms with Crippen LogP contribution in [0, 0.1) is 11.6 Å². The number of fused-ring (bicyclic) bond motifs is 1. The SMILES string of the molecule is COc1ccc2c(c1)c(CCC=O)cn2S(=O)(=O)c1ccc(F)c(F)c1. The molecule has 0 aliphatic rings. The summed E-state index contributed by atoms with van der Waals surface area (Å²) in [6, 6.07) is 7.26. The van der Waals surface area contributed by atoms with Crippen LogP contribution in [-0.2, 0) is 21.2 Å². The van der Waals surface area contributed by atoms with Crippen LogP contribution in [0.5, 0.6) is 5.75 Å². The molecule has 0 aliphatic heterocycles. The lowest BCUT2D eigenvalue weighted by Crippen LogP contribution is -2.12. The molecule has 5 nitrogen and oxygen atoms in total. The summed E-state index contributed by atoms with van der Waals surface area (Å²) in [5.41, 5.74) is 0.994. The number of nitrogens with zero attached hydrogens (tertiary/aromatic N) is 1. The van der Waals surface area contributed by atoms with E-state index in [2.05, 4.69) is 0 Å². The number of aromatic nitrogens is 1. The Morgan fingerprint density at radius 1 is 1.12 bits per heavy atom. The Kier molecular flexibility index (Phi) is 4.78. The minimum Gasteiger partial charge on any atom is -0.497 e. The van der Waals surface area contributed by atoms with E-state index in [4.69, 9.17) is 4.74 Å². The Bertz CT molecular complexity index is 1090. The van der Waals surface area contributed by atoms with Crippen molar-refractivity contribution >= 4 is 27.2 Å². The van der Waals surface area contributed by atoms with Crippen LogP contribution in [0.4, 0.5) is 8.78 Å². The maximum atomic E-state index is 13.5. The summed E-state index contributed by atoms with van der Waals surface area (Å²) in [7, 11) is -2.66. The molecule has 136 valence electrons. The van der Waals surface area contributed by atoms with Gasteiger partial charge in [-0.25, -0.2) is 21.2 Å². The third-order valence-corrected chi connectivity index (χ3v) is 5.71. The first kappa shape index (κ1) is 18.1. The Morgan fingerprint density at radius 3 is 2.54 bits per heavy atom. The highest BCUT2D eigenvalue weighted by atomic mass is 32.2. The molecule has 0 bridgehead atoms. The molecule has 0 aliphatic carbocycles. The van der Waals surface area contributed by atoms with E-state index >= 15 is 0 Å². The highest BCUT2D eigenvalue weighted by Gasteiger charge is 2.23. The summed E-state index contributed by atoms with van der Waals surface area (Å²) in [5.74, 6) is -1.84. The fourth-order valence-corrected chi connectivity index (χ4v) is 4.14. The maximum absolute atomic E-state index is 13.5. The van der Waals surface area contributed by atoms with E-state index in [1.54, 1.807) is 18.2 Å². The van der Waals surface area contributed by atoms with Crippen molar-refractivity contribution in [1.82, 2.24) is 3.97 Å². The Hall–Kier alpha value is -2.74. The van der Waals surface area contributed by atoms with Crippen LogP contribution in [0.3, 0.4) is 0 Å². The minimum atomic E-state index is -4.15. The second-order valence-corrected chi connectivity index (χ2v) is 7.43. The number of hydrogen-bond acceptors (Lipinski definition) is 4. The van der Waals surface area contributed by atoms with E-state index in [9.17, 15) is 22.0 Å². The first-order valence-corrected chi connectivity index (χ1v) is 9.14. The quantitative estimate of drug-likeness (QED) is 0.617. The molecule has 0 N–H and O–H groups in total. The topological polar surface area (TPSA) is 65.4 Å². The molecule has 3 rings (SSSR count). The van der Waals surface area contributed by atoms with Crippen molar-refractivity contribution in [2.24, 2.45) is 0 Å². The largest absolute Gasteiger partial charge is 0.497 e. The van der Waals surface area contributed by atoms with Gasteiger partial charge in [0.15, 0.2) is 11.6 Å². The lowest BCUT2D eigenvalue weighted by Gasteiger charge is -2.08. The zero-order valence-electron chi connectivity index (χ0n) is 13.8. The third-order valence-electron chi connectivity index (χ3n) is 4.04. The number of ether oxygens (including phenoxy) is 1. The van der Waals surface area contributed by atoms with Crippen molar-refractivity contribution in [2.75, 3.05) is 7.11 Å². The molecule has 0 saturated heterocycles. The maximum Gasteiger partial charge on any atom is 0.268 e. The molecule has 0 unspecified atom stereocenters. The second-order valence-electron chi connectivity index (χ2n) is 5.62. The molecular weight excluding hydrogens is 364 g/mol. The van der Waals surface area contributed by atoms with Crippen LogP contribution in [0.25, 0.3) is 10.9 Å². The summed E-state index contributed by atoms with van der Waals surface area (Å²) in [4.78, 5) is 10.3. The number of benzene rings is 2. The highest BCUT2D eigenvalue weighted by Crippen LogP contribution is 2.30. The number of carbonyl (C=O) groups excluding carboxylic acids is 1. The number of aryl methyl sites for hydroxylation is 1. The van der Waals surface area contributed by atoms with Gasteiger partial charge in [0.1, 0.15) is 12.0 Å². The Labute approximate surface area is 148 Å². The number of rotatable bonds is 6. The van der Waals surface area contributed by atoms with Gasteiger partial charge in [0, 0.05) is 18.0 Å². The number of aldehydes is 1. The standard InChI is InChI=1S/C18H15F2NO4S/c1-25-13-4-7-18-15(9-13)12(3-2-8-22)11-21(18)26(23,24)14-5-6-16(19)17(20)10-14/h4-11H,2-3H2,1H3. The van der Waals surface area contributed by atoms with Gasteiger partial charge in [-0.3, -0.25) is 0 Å². The van der Waals surface area contributed by atoms with E-state index < -0.39 is 21.7 Å². The van der Waals surface area contributed by atoms with Gasteiger partial charge >= 0.3 is 0 Å². The van der Waals surface area contributed by atoms with Gasteiger partial charge in [0.2, 0.25) is 0 Å². The van der Waals surface area contributed by atoms with Crippen LogP contribution in [0.1, 0.15) is 12.0 Å². The summed E-state index contributed by atoms with van der Waals surface area (Å²) in [5, 5.41) is 0.609. The molecule has 3 aromatic rings. The van der Waals surface area contributed by atoms with Gasteiger partial charge in [0.05, 0.1) is 17.5 Å². The van der Waals surface area contributed by atoms with E-state index in [0.29, 0.717) is 34.7 Å². The second kappa shape index (κ2) is 6.87. The van der Waals surface area contributed by atoms with Crippen molar-refractivity contribution in [3.05, 3.63) is 59.8 Å². The molecule has 0 saturated carbocycles. The van der Waals surface area contributed by atoms with Gasteiger partial charge in [-0.05, 0) is 48.4 Å². The number of hydrogen-bond donors (Lipinski definition) is 0. The smallest absolute Gasteiger partial charge is 0.268 e. The first-order valence-electron chi connectivity index (χ1n) is 7.70. The highest BCUT2D eigenvalue weighted by molar-refractivity contribution is 7.90. The molecule has 0 spiro atoms. The third kappa shape index (κ3) is 3.08. The average Bonchev–Trinajstić information content (AvgIpc) is 3.00. The van der Waals surface area contributed by atoms with Gasteiger partial charge in [-0.15, -0.1) is 0 Å². The first-order chi connectivity index (χ1) is 12.4. The molecule has 0 radical (unpaired) electrons. The van der Waals surface area contributed by atoms with Crippen LogP contribution >= 0.6 is 0 Å². The summed E-state index contributed by atoms with van der Waals surface area (Å²) >= 11 is 0. The summed E-state index contributed by atoms with van der Waals surface area (Å²) in [6.07, 6.45) is 2.70. The van der Waals surface area contributed by atoms with Gasteiger partial charge < -0.3 is 9.53 Å². The normalized spacial score (nSPS) is 11.7. The summed E-state index contributed by atoms with van der Waals surface area (Å²) < 4.78 is 58.7.